The minimum Gasteiger partial charge on any atom is -0.330 e. The quantitative estimate of drug-likeness (QED) is 0.819. The molecule has 0 amide bonds. The molecule has 3 nitrogen and oxygen atoms in total. The highest BCUT2D eigenvalue weighted by atomic mass is 32.2. The largest absolute Gasteiger partial charge is 0.330 e. The van der Waals surface area contributed by atoms with Gasteiger partial charge in [0.25, 0.3) is 0 Å². The van der Waals surface area contributed by atoms with Gasteiger partial charge in [-0.3, -0.25) is 4.21 Å². The Hall–Kier alpha value is -0.260. The Morgan fingerprint density at radius 3 is 2.69 bits per heavy atom. The van der Waals surface area contributed by atoms with E-state index in [-0.39, 0.29) is 0 Å². The van der Waals surface area contributed by atoms with E-state index in [4.69, 9.17) is 5.73 Å². The molecule has 0 aliphatic carbocycles. The van der Waals surface area contributed by atoms with Crippen molar-refractivity contribution in [1.29, 1.82) is 0 Å². The van der Waals surface area contributed by atoms with Crippen LogP contribution in [0.4, 0.5) is 0 Å². The first kappa shape index (κ1) is 10.8. The maximum atomic E-state index is 11.3. The van der Waals surface area contributed by atoms with Gasteiger partial charge >= 0.3 is 0 Å². The normalized spacial score (nSPS) is 13.2. The van der Waals surface area contributed by atoms with Crippen molar-refractivity contribution in [3.8, 4) is 0 Å². The lowest BCUT2D eigenvalue weighted by Gasteiger charge is -1.95. The second-order valence-corrected chi connectivity index (χ2v) is 5.69. The summed E-state index contributed by atoms with van der Waals surface area (Å²) in [5, 5.41) is 0.960. The standard InChI is InChI=1S/C8H14N2OS2/c1-6-7(2)12-8(10-6)5-13(11)4-3-9/h3-5,9H2,1-2H3. The maximum Gasteiger partial charge on any atom is 0.106 e. The van der Waals surface area contributed by atoms with Crippen molar-refractivity contribution in [3.05, 3.63) is 15.6 Å². The molecule has 1 rings (SSSR count). The molecule has 0 aliphatic heterocycles. The van der Waals surface area contributed by atoms with Crippen LogP contribution in [0.25, 0.3) is 0 Å². The monoisotopic (exact) mass is 218 g/mol. The molecular weight excluding hydrogens is 204 g/mol. The van der Waals surface area contributed by atoms with Gasteiger partial charge < -0.3 is 5.73 Å². The van der Waals surface area contributed by atoms with Gasteiger partial charge in [0.15, 0.2) is 0 Å². The van der Waals surface area contributed by atoms with E-state index in [1.807, 2.05) is 13.8 Å². The predicted molar refractivity (Wildman–Crippen MR) is 57.4 cm³/mol. The number of aromatic nitrogens is 1. The van der Waals surface area contributed by atoms with Crippen molar-refractivity contribution in [2.75, 3.05) is 12.3 Å². The molecule has 0 aliphatic rings. The van der Waals surface area contributed by atoms with Crippen molar-refractivity contribution in [1.82, 2.24) is 4.98 Å². The number of rotatable bonds is 4. The van der Waals surface area contributed by atoms with Crippen LogP contribution in [0.5, 0.6) is 0 Å². The molecule has 0 radical (unpaired) electrons. The van der Waals surface area contributed by atoms with Crippen LogP contribution >= 0.6 is 11.3 Å². The lowest BCUT2D eigenvalue weighted by molar-refractivity contribution is 0.682. The first-order chi connectivity index (χ1) is 6.13. The Balaban J connectivity index is 2.59. The molecule has 2 N–H and O–H groups in total. The van der Waals surface area contributed by atoms with Gasteiger partial charge in [0.1, 0.15) is 5.01 Å². The highest BCUT2D eigenvalue weighted by Crippen LogP contribution is 2.17. The van der Waals surface area contributed by atoms with Crippen LogP contribution < -0.4 is 5.73 Å². The van der Waals surface area contributed by atoms with E-state index in [0.717, 1.165) is 10.7 Å². The van der Waals surface area contributed by atoms with Crippen molar-refractivity contribution >= 4 is 22.1 Å². The van der Waals surface area contributed by atoms with E-state index in [2.05, 4.69) is 4.98 Å². The van der Waals surface area contributed by atoms with Gasteiger partial charge in [0, 0.05) is 28.0 Å². The lowest BCUT2D eigenvalue weighted by Crippen LogP contribution is -2.11. The van der Waals surface area contributed by atoms with Crippen LogP contribution in [-0.4, -0.2) is 21.5 Å². The second kappa shape index (κ2) is 4.83. The molecule has 1 aromatic rings. The van der Waals surface area contributed by atoms with Crippen LogP contribution in [0.1, 0.15) is 15.6 Å². The summed E-state index contributed by atoms with van der Waals surface area (Å²) in [5.74, 6) is 1.12. The van der Waals surface area contributed by atoms with Crippen LogP contribution in [0.3, 0.4) is 0 Å². The summed E-state index contributed by atoms with van der Waals surface area (Å²) < 4.78 is 11.3. The molecule has 1 aromatic heterocycles. The molecule has 0 saturated carbocycles. The third kappa shape index (κ3) is 3.17. The number of thiazole rings is 1. The molecule has 0 spiro atoms. The van der Waals surface area contributed by atoms with Crippen molar-refractivity contribution in [3.63, 3.8) is 0 Å². The number of hydrogen-bond donors (Lipinski definition) is 1. The average molecular weight is 218 g/mol. The zero-order chi connectivity index (χ0) is 9.84. The topological polar surface area (TPSA) is 56.0 Å². The Kier molecular flexibility index (Phi) is 4.02. The predicted octanol–water partition coefficient (Wildman–Crippen LogP) is 0.967. The third-order valence-corrected chi connectivity index (χ3v) is 4.24. The van der Waals surface area contributed by atoms with Crippen LogP contribution in [0.15, 0.2) is 0 Å². The molecule has 13 heavy (non-hydrogen) atoms. The van der Waals surface area contributed by atoms with Gasteiger partial charge in [-0.05, 0) is 13.8 Å². The van der Waals surface area contributed by atoms with Gasteiger partial charge in [-0.25, -0.2) is 4.98 Å². The molecule has 1 unspecified atom stereocenters. The fraction of sp³-hybridized carbons (Fsp3) is 0.625. The molecule has 0 fully saturated rings. The third-order valence-electron chi connectivity index (χ3n) is 1.70. The van der Waals surface area contributed by atoms with Crippen LogP contribution in [0, 0.1) is 13.8 Å². The Morgan fingerprint density at radius 1 is 1.54 bits per heavy atom. The molecule has 0 saturated heterocycles. The Morgan fingerprint density at radius 2 is 2.23 bits per heavy atom. The smallest absolute Gasteiger partial charge is 0.106 e. The van der Waals surface area contributed by atoms with E-state index in [1.54, 1.807) is 11.3 Å². The summed E-state index contributed by atoms with van der Waals surface area (Å²) in [5.41, 5.74) is 6.35. The SMILES string of the molecule is Cc1nc(CS(=O)CCN)sc1C. The number of hydrogen-bond acceptors (Lipinski definition) is 4. The zero-order valence-corrected chi connectivity index (χ0v) is 9.50. The van der Waals surface area contributed by atoms with Gasteiger partial charge in [-0.2, -0.15) is 0 Å². The molecule has 74 valence electrons. The maximum absolute atomic E-state index is 11.3. The molecule has 1 atom stereocenters. The molecule has 0 aromatic carbocycles. The van der Waals surface area contributed by atoms with Gasteiger partial charge in [-0.15, -0.1) is 11.3 Å². The second-order valence-electron chi connectivity index (χ2n) is 2.83. The van der Waals surface area contributed by atoms with E-state index in [1.165, 1.54) is 4.88 Å². The van der Waals surface area contributed by atoms with Crippen LogP contribution in [0.2, 0.25) is 0 Å². The van der Waals surface area contributed by atoms with Crippen molar-refractivity contribution < 1.29 is 4.21 Å². The summed E-state index contributed by atoms with van der Waals surface area (Å²) in [6.45, 7) is 4.49. The number of nitrogens with two attached hydrogens (primary N) is 1. The first-order valence-corrected chi connectivity index (χ1v) is 6.42. The van der Waals surface area contributed by atoms with Gasteiger partial charge in [-0.1, -0.05) is 0 Å². The summed E-state index contributed by atoms with van der Waals surface area (Å²) in [7, 11) is -0.843. The first-order valence-electron chi connectivity index (χ1n) is 4.11. The molecule has 5 heteroatoms. The summed E-state index contributed by atoms with van der Waals surface area (Å²) in [6.07, 6.45) is 0. The Bertz CT molecular complexity index is 290. The highest BCUT2D eigenvalue weighted by molar-refractivity contribution is 7.84. The van der Waals surface area contributed by atoms with E-state index in [0.29, 0.717) is 18.1 Å². The van der Waals surface area contributed by atoms with E-state index >= 15 is 0 Å². The molecule has 1 heterocycles. The summed E-state index contributed by atoms with van der Waals surface area (Å²) >= 11 is 1.62. The number of nitrogens with zero attached hydrogens (tertiary/aromatic N) is 1. The summed E-state index contributed by atoms with van der Waals surface area (Å²) in [4.78, 5) is 5.53. The van der Waals surface area contributed by atoms with Crippen molar-refractivity contribution in [2.45, 2.75) is 19.6 Å². The number of aryl methyl sites for hydroxylation is 2. The fourth-order valence-electron chi connectivity index (χ4n) is 0.942. The average Bonchev–Trinajstić information content (AvgIpc) is 2.31. The molecule has 0 bridgehead atoms. The van der Waals surface area contributed by atoms with E-state index in [9.17, 15) is 4.21 Å². The molecular formula is C8H14N2OS2. The van der Waals surface area contributed by atoms with Crippen molar-refractivity contribution in [2.24, 2.45) is 5.73 Å². The van der Waals surface area contributed by atoms with Gasteiger partial charge in [0.05, 0.1) is 11.4 Å². The minimum absolute atomic E-state index is 0.482. The Labute approximate surface area is 84.8 Å². The minimum atomic E-state index is -0.843. The zero-order valence-electron chi connectivity index (χ0n) is 7.87. The van der Waals surface area contributed by atoms with E-state index < -0.39 is 10.8 Å². The van der Waals surface area contributed by atoms with Crippen LogP contribution in [-0.2, 0) is 16.6 Å². The summed E-state index contributed by atoms with van der Waals surface area (Å²) in [6, 6.07) is 0. The lowest BCUT2D eigenvalue weighted by atomic mass is 10.4. The highest BCUT2D eigenvalue weighted by Gasteiger charge is 2.06. The fourth-order valence-corrected chi connectivity index (χ4v) is 3.05. The van der Waals surface area contributed by atoms with Gasteiger partial charge in [0.2, 0.25) is 0 Å².